The Kier molecular flexibility index (Phi) is 4.12. The van der Waals surface area contributed by atoms with Gasteiger partial charge in [0.05, 0.1) is 12.8 Å². The van der Waals surface area contributed by atoms with Gasteiger partial charge in [-0.15, -0.1) is 0 Å². The smallest absolute Gasteiger partial charge is 0.258 e. The lowest BCUT2D eigenvalue weighted by atomic mass is 10.1. The number of hydrogen-bond donors (Lipinski definition) is 0. The summed E-state index contributed by atoms with van der Waals surface area (Å²) in [6, 6.07) is 11.2. The van der Waals surface area contributed by atoms with Crippen molar-refractivity contribution in [3.8, 4) is 28.7 Å². The summed E-state index contributed by atoms with van der Waals surface area (Å²) in [5.74, 6) is 2.86. The molecule has 1 aromatic heterocycles. The number of benzene rings is 2. The molecule has 1 unspecified atom stereocenters. The Hall–Kier alpha value is -3.55. The van der Waals surface area contributed by atoms with E-state index in [-0.39, 0.29) is 18.6 Å². The van der Waals surface area contributed by atoms with Crippen LogP contribution in [-0.2, 0) is 4.79 Å². The fraction of sp³-hybridized carbons (Fsp3) is 0.286. The molecule has 148 valence electrons. The fourth-order valence-corrected chi connectivity index (χ4v) is 3.67. The van der Waals surface area contributed by atoms with E-state index in [0.717, 1.165) is 16.8 Å². The third kappa shape index (κ3) is 3.06. The van der Waals surface area contributed by atoms with Gasteiger partial charge in [-0.05, 0) is 36.8 Å². The molecule has 1 saturated heterocycles. The van der Waals surface area contributed by atoms with Crippen LogP contribution >= 0.6 is 0 Å². The minimum Gasteiger partial charge on any atom is -0.497 e. The van der Waals surface area contributed by atoms with Crippen molar-refractivity contribution in [2.45, 2.75) is 19.3 Å². The van der Waals surface area contributed by atoms with E-state index in [9.17, 15) is 4.79 Å². The van der Waals surface area contributed by atoms with Gasteiger partial charge in [-0.3, -0.25) is 4.79 Å². The molecule has 0 bridgehead atoms. The number of carbonyl (C=O) groups is 1. The highest BCUT2D eigenvalue weighted by Crippen LogP contribution is 2.37. The van der Waals surface area contributed by atoms with E-state index in [1.165, 1.54) is 0 Å². The number of aryl methyl sites for hydroxylation is 1. The van der Waals surface area contributed by atoms with E-state index in [0.29, 0.717) is 41.9 Å². The second kappa shape index (κ2) is 6.80. The third-order valence-electron chi connectivity index (χ3n) is 5.26. The van der Waals surface area contributed by atoms with E-state index in [1.807, 2.05) is 43.3 Å². The zero-order chi connectivity index (χ0) is 20.0. The summed E-state index contributed by atoms with van der Waals surface area (Å²) in [4.78, 5) is 19.0. The highest BCUT2D eigenvalue weighted by molar-refractivity contribution is 5.97. The second-order valence-corrected chi connectivity index (χ2v) is 7.08. The van der Waals surface area contributed by atoms with Gasteiger partial charge in [-0.2, -0.15) is 4.98 Å². The fourth-order valence-electron chi connectivity index (χ4n) is 3.67. The van der Waals surface area contributed by atoms with E-state index >= 15 is 0 Å². The lowest BCUT2D eigenvalue weighted by Gasteiger charge is -2.19. The summed E-state index contributed by atoms with van der Waals surface area (Å²) in [6.07, 6.45) is 0.330. The number of nitrogens with zero attached hydrogens (tertiary/aromatic N) is 3. The third-order valence-corrected chi connectivity index (χ3v) is 5.26. The van der Waals surface area contributed by atoms with Gasteiger partial charge in [0.25, 0.3) is 5.89 Å². The van der Waals surface area contributed by atoms with Gasteiger partial charge in [0.15, 0.2) is 17.3 Å². The van der Waals surface area contributed by atoms with Crippen LogP contribution in [0.4, 0.5) is 5.69 Å². The Balaban J connectivity index is 1.39. The maximum Gasteiger partial charge on any atom is 0.258 e. The topological polar surface area (TPSA) is 86.9 Å². The summed E-state index contributed by atoms with van der Waals surface area (Å²) >= 11 is 0. The standard InChI is InChI=1S/C21H19N3O5/c1-12-3-5-15(26-2)9-16(12)24-10-14(8-19(24)25)20-22-21(29-23-20)13-4-6-17-18(7-13)28-11-27-17/h3-7,9,14H,8,10-11H2,1-2H3. The molecule has 1 amide bonds. The first-order valence-corrected chi connectivity index (χ1v) is 9.31. The van der Waals surface area contributed by atoms with Crippen molar-refractivity contribution >= 4 is 11.6 Å². The number of anilines is 1. The average molecular weight is 393 g/mol. The SMILES string of the molecule is COc1ccc(C)c(N2CC(c3noc(-c4ccc5c(c4)OCO5)n3)CC2=O)c1. The molecule has 0 saturated carbocycles. The summed E-state index contributed by atoms with van der Waals surface area (Å²) in [5, 5.41) is 4.13. The summed E-state index contributed by atoms with van der Waals surface area (Å²) < 4.78 is 21.5. The quantitative estimate of drug-likeness (QED) is 0.672. The van der Waals surface area contributed by atoms with Crippen molar-refractivity contribution in [3.05, 3.63) is 47.8 Å². The largest absolute Gasteiger partial charge is 0.497 e. The normalized spacial score (nSPS) is 17.8. The number of rotatable bonds is 4. The van der Waals surface area contributed by atoms with Crippen LogP contribution in [-0.4, -0.2) is 36.5 Å². The molecule has 0 aliphatic carbocycles. The highest BCUT2D eigenvalue weighted by Gasteiger charge is 2.35. The van der Waals surface area contributed by atoms with E-state index in [1.54, 1.807) is 12.0 Å². The number of carbonyl (C=O) groups excluding carboxylic acids is 1. The van der Waals surface area contributed by atoms with Crippen molar-refractivity contribution in [1.29, 1.82) is 0 Å². The first-order chi connectivity index (χ1) is 14.1. The predicted octanol–water partition coefficient (Wildman–Crippen LogP) is 3.30. The molecule has 5 rings (SSSR count). The van der Waals surface area contributed by atoms with Crippen molar-refractivity contribution < 1.29 is 23.5 Å². The Morgan fingerprint density at radius 1 is 1.14 bits per heavy atom. The van der Waals surface area contributed by atoms with Crippen LogP contribution in [0.1, 0.15) is 23.7 Å². The van der Waals surface area contributed by atoms with Gasteiger partial charge in [0.2, 0.25) is 12.7 Å². The molecule has 0 spiro atoms. The summed E-state index contributed by atoms with van der Waals surface area (Å²) in [7, 11) is 1.61. The first-order valence-electron chi connectivity index (χ1n) is 9.31. The molecule has 2 aliphatic heterocycles. The molecule has 1 fully saturated rings. The number of methoxy groups -OCH3 is 1. The molecule has 8 heteroatoms. The van der Waals surface area contributed by atoms with Gasteiger partial charge in [-0.1, -0.05) is 11.2 Å². The summed E-state index contributed by atoms with van der Waals surface area (Å²) in [6.45, 7) is 2.67. The van der Waals surface area contributed by atoms with Crippen LogP contribution in [0.15, 0.2) is 40.9 Å². The molecule has 0 N–H and O–H groups in total. The molecule has 8 nitrogen and oxygen atoms in total. The molecule has 2 aliphatic rings. The van der Waals surface area contributed by atoms with Gasteiger partial charge in [0.1, 0.15) is 5.75 Å². The summed E-state index contributed by atoms with van der Waals surface area (Å²) in [5.41, 5.74) is 2.60. The Bertz CT molecular complexity index is 1090. The van der Waals surface area contributed by atoms with Crippen molar-refractivity contribution in [2.24, 2.45) is 0 Å². The molecular formula is C21H19N3O5. The van der Waals surface area contributed by atoms with E-state index in [2.05, 4.69) is 10.1 Å². The number of hydrogen-bond acceptors (Lipinski definition) is 7. The van der Waals surface area contributed by atoms with Gasteiger partial charge in [-0.25, -0.2) is 0 Å². The second-order valence-electron chi connectivity index (χ2n) is 7.08. The molecule has 3 heterocycles. The minimum atomic E-state index is -0.139. The molecular weight excluding hydrogens is 374 g/mol. The van der Waals surface area contributed by atoms with Crippen LogP contribution in [0.5, 0.6) is 17.2 Å². The number of amides is 1. The Morgan fingerprint density at radius 2 is 2.00 bits per heavy atom. The van der Waals surface area contributed by atoms with Crippen LogP contribution in [0.25, 0.3) is 11.5 Å². The minimum absolute atomic E-state index is 0.0285. The van der Waals surface area contributed by atoms with Crippen LogP contribution < -0.4 is 19.1 Å². The highest BCUT2D eigenvalue weighted by atomic mass is 16.7. The first kappa shape index (κ1) is 17.5. The maximum absolute atomic E-state index is 12.7. The average Bonchev–Trinajstić information content (AvgIpc) is 3.47. The maximum atomic E-state index is 12.7. The van der Waals surface area contributed by atoms with Crippen molar-refractivity contribution in [2.75, 3.05) is 25.3 Å². The zero-order valence-corrected chi connectivity index (χ0v) is 16.0. The van der Waals surface area contributed by atoms with Crippen molar-refractivity contribution in [3.63, 3.8) is 0 Å². The molecule has 29 heavy (non-hydrogen) atoms. The Morgan fingerprint density at radius 3 is 2.86 bits per heavy atom. The van der Waals surface area contributed by atoms with Crippen molar-refractivity contribution in [1.82, 2.24) is 10.1 Å². The number of aromatic nitrogens is 2. The van der Waals surface area contributed by atoms with Gasteiger partial charge >= 0.3 is 0 Å². The number of fused-ring (bicyclic) bond motifs is 1. The molecule has 1 atom stereocenters. The monoisotopic (exact) mass is 393 g/mol. The predicted molar refractivity (Wildman–Crippen MR) is 103 cm³/mol. The molecule has 2 aromatic carbocycles. The Labute approximate surface area is 167 Å². The molecule has 0 radical (unpaired) electrons. The van der Waals surface area contributed by atoms with Gasteiger partial charge < -0.3 is 23.6 Å². The lowest BCUT2D eigenvalue weighted by molar-refractivity contribution is -0.117. The van der Waals surface area contributed by atoms with Crippen LogP contribution in [0.2, 0.25) is 0 Å². The van der Waals surface area contributed by atoms with Crippen LogP contribution in [0.3, 0.4) is 0 Å². The van der Waals surface area contributed by atoms with E-state index < -0.39 is 0 Å². The van der Waals surface area contributed by atoms with Crippen LogP contribution in [0, 0.1) is 6.92 Å². The lowest BCUT2D eigenvalue weighted by Crippen LogP contribution is -2.25. The number of ether oxygens (including phenoxy) is 3. The van der Waals surface area contributed by atoms with E-state index in [4.69, 9.17) is 18.7 Å². The molecule has 3 aromatic rings. The van der Waals surface area contributed by atoms with Gasteiger partial charge in [0, 0.05) is 30.5 Å². The zero-order valence-electron chi connectivity index (χ0n) is 16.0.